The Hall–Kier alpha value is -9.35. The molecule has 0 radical (unpaired) electrons. The molecule has 0 aliphatic heterocycles. The van der Waals surface area contributed by atoms with Gasteiger partial charge in [-0.05, 0) is 328 Å². The van der Waals surface area contributed by atoms with Gasteiger partial charge in [0.1, 0.15) is 0 Å². The highest BCUT2D eigenvalue weighted by Crippen LogP contribution is 2.23. The molecule has 11 aromatic rings. The lowest BCUT2D eigenvalue weighted by Crippen LogP contribution is -1.97. The number of pyridine rings is 11. The number of nitrogens with zero attached hydrogens (tertiary/aromatic N) is 11. The van der Waals surface area contributed by atoms with Crippen LogP contribution in [0, 0.1) is 111 Å². The van der Waals surface area contributed by atoms with Crippen LogP contribution in [0.15, 0.2) is 171 Å². The Balaban J connectivity index is -0.00000123. The third kappa shape index (κ3) is 45.6. The normalized spacial score (nSPS) is 10.2. The van der Waals surface area contributed by atoms with Crippen molar-refractivity contribution in [3.8, 4) is 0 Å². The summed E-state index contributed by atoms with van der Waals surface area (Å²) in [6.07, 6.45) is 13.2. The Morgan fingerprint density at radius 1 is 0.195 bits per heavy atom. The van der Waals surface area contributed by atoms with E-state index in [0.29, 0.717) is 65.1 Å². The first-order valence-electron chi connectivity index (χ1n) is 42.0. The Kier molecular flexibility index (Phi) is 56.7. The molecule has 0 bridgehead atoms. The molecule has 648 valence electrons. The van der Waals surface area contributed by atoms with E-state index in [1.165, 1.54) is 124 Å². The van der Waals surface area contributed by atoms with E-state index in [9.17, 15) is 0 Å². The fourth-order valence-electron chi connectivity index (χ4n) is 11.3. The molecule has 0 unspecified atom stereocenters. The second-order valence-electron chi connectivity index (χ2n) is 33.9. The highest BCUT2D eigenvalue weighted by Gasteiger charge is 2.10. The topological polar surface area (TPSA) is 142 Å². The maximum absolute atomic E-state index is 4.47. The van der Waals surface area contributed by atoms with Gasteiger partial charge < -0.3 is 0 Å². The molecular formula is C107H165N11. The number of rotatable bonds is 11. The molecule has 11 nitrogen and oxygen atoms in total. The van der Waals surface area contributed by atoms with Gasteiger partial charge in [0.15, 0.2) is 0 Å². The lowest BCUT2D eigenvalue weighted by molar-refractivity contribution is 0.804. The predicted octanol–water partition coefficient (Wildman–Crippen LogP) is 31.1. The molecule has 0 saturated heterocycles. The molecule has 0 fully saturated rings. The van der Waals surface area contributed by atoms with Crippen molar-refractivity contribution in [1.29, 1.82) is 0 Å². The molecule has 0 atom stereocenters. The van der Waals surface area contributed by atoms with Gasteiger partial charge >= 0.3 is 0 Å². The highest BCUT2D eigenvalue weighted by molar-refractivity contribution is 5.31. The first-order chi connectivity index (χ1) is 53.8. The fraction of sp³-hybridized carbons (Fsp3) is 0.486. The molecule has 11 rings (SSSR count). The van der Waals surface area contributed by atoms with Crippen LogP contribution in [0.1, 0.15) is 392 Å². The summed E-state index contributed by atoms with van der Waals surface area (Å²) in [7, 11) is 0. The summed E-state index contributed by atoms with van der Waals surface area (Å²) in [6, 6.07) is 43.6. The predicted molar refractivity (Wildman–Crippen MR) is 518 cm³/mol. The first-order valence-corrected chi connectivity index (χ1v) is 42.0. The molecule has 0 saturated carbocycles. The molecule has 11 aromatic heterocycles. The van der Waals surface area contributed by atoms with Crippen LogP contribution >= 0.6 is 0 Å². The van der Waals surface area contributed by atoms with Crippen LogP contribution in [0.5, 0.6) is 0 Å². The van der Waals surface area contributed by atoms with E-state index >= 15 is 0 Å². The number of hydrogen-bond acceptors (Lipinski definition) is 11. The zero-order valence-corrected chi connectivity index (χ0v) is 78.9. The van der Waals surface area contributed by atoms with Crippen LogP contribution in [-0.4, -0.2) is 54.8 Å². The highest BCUT2D eigenvalue weighted by atomic mass is 14.7. The van der Waals surface area contributed by atoms with E-state index in [4.69, 9.17) is 0 Å². The summed E-state index contributed by atoms with van der Waals surface area (Å²) in [5, 5.41) is 0. The van der Waals surface area contributed by atoms with Gasteiger partial charge in [0.2, 0.25) is 0 Å². The van der Waals surface area contributed by atoms with Gasteiger partial charge in [-0.3, -0.25) is 54.8 Å². The van der Waals surface area contributed by atoms with E-state index < -0.39 is 0 Å². The zero-order chi connectivity index (χ0) is 87.5. The van der Waals surface area contributed by atoms with Crippen molar-refractivity contribution in [2.24, 2.45) is 0 Å². The number of aryl methyl sites for hydroxylation is 15. The van der Waals surface area contributed by atoms with Crippen molar-refractivity contribution in [2.75, 3.05) is 0 Å². The zero-order valence-electron chi connectivity index (χ0n) is 78.9. The van der Waals surface area contributed by atoms with Crippen LogP contribution in [0.2, 0.25) is 0 Å². The Labute approximate surface area is 723 Å². The molecule has 0 spiro atoms. The summed E-state index contributed by atoms with van der Waals surface area (Å²) in [6.45, 7) is 80.9. The van der Waals surface area contributed by atoms with Crippen LogP contribution in [0.3, 0.4) is 0 Å². The average Bonchev–Trinajstić information content (AvgIpc) is 0.867. The third-order valence-electron chi connectivity index (χ3n) is 18.8. The summed E-state index contributed by atoms with van der Waals surface area (Å²) in [5.74, 6) is 5.94. The van der Waals surface area contributed by atoms with Gasteiger partial charge in [-0.25, -0.2) is 0 Å². The Morgan fingerprint density at radius 2 is 0.627 bits per heavy atom. The van der Waals surface area contributed by atoms with Gasteiger partial charge in [0, 0.05) is 129 Å². The van der Waals surface area contributed by atoms with Crippen molar-refractivity contribution in [2.45, 2.75) is 350 Å². The number of aromatic nitrogens is 11. The lowest BCUT2D eigenvalue weighted by atomic mass is 10.0. The van der Waals surface area contributed by atoms with Crippen molar-refractivity contribution in [1.82, 2.24) is 54.8 Å². The van der Waals surface area contributed by atoms with E-state index in [0.717, 1.165) is 28.5 Å². The van der Waals surface area contributed by atoms with Crippen LogP contribution in [0.4, 0.5) is 0 Å². The van der Waals surface area contributed by atoms with E-state index in [1.807, 2.05) is 101 Å². The molecule has 0 N–H and O–H groups in total. The molecule has 11 heteroatoms. The fourth-order valence-corrected chi connectivity index (χ4v) is 11.3. The Morgan fingerprint density at radius 3 is 1.04 bits per heavy atom. The van der Waals surface area contributed by atoms with E-state index in [1.54, 1.807) is 0 Å². The van der Waals surface area contributed by atoms with Gasteiger partial charge in [-0.15, -0.1) is 0 Å². The van der Waals surface area contributed by atoms with E-state index in [-0.39, 0.29) is 22.3 Å². The molecule has 11 heterocycles. The Bertz CT molecular complexity index is 4370. The summed E-state index contributed by atoms with van der Waals surface area (Å²) >= 11 is 0. The largest absolute Gasteiger partial charge is 0.261 e. The standard InChI is InChI=1S/6C10H15N.4C9H13N.C8H11N.3CH4/c1-7(2)10-5-8(3)9(4)6-11-10;1-7(2)10-9(4)5-8(3)6-11-10;1-7(2)10-6-8(3)5-9(4)11-10;1-7(2)10-9(4)8(3)5-6-11-10;1-7(2)10-6-5-8(3)9(4)11-10;1-7(2)10-8(3)5-6-9(4)11-10;1-7(2)9-6-8(3)4-5-10-9;1-7(2)9-5-4-8(3)6-10-9;1-7(2)9-8(3)5-4-6-10-9;1-7(2)9-6-4-5-8(3)10-9;1-7(2)8-5-3-4-6-9-8;;;/h6*5-7H,1-4H3;4*4-7H,1-3H3;3-7H,1-2H3;3*1H4. The molecular weight excluding hydrogens is 1440 g/mol. The molecule has 0 amide bonds. The molecule has 0 aliphatic carbocycles. The lowest BCUT2D eigenvalue weighted by Gasteiger charge is -2.09. The maximum atomic E-state index is 4.47. The van der Waals surface area contributed by atoms with Gasteiger partial charge in [0.05, 0.1) is 0 Å². The van der Waals surface area contributed by atoms with Crippen molar-refractivity contribution < 1.29 is 0 Å². The van der Waals surface area contributed by atoms with Crippen LogP contribution in [0.25, 0.3) is 0 Å². The van der Waals surface area contributed by atoms with Crippen LogP contribution in [-0.2, 0) is 0 Å². The summed E-state index contributed by atoms with van der Waals surface area (Å²) in [5.41, 5.74) is 33.1. The minimum absolute atomic E-state index is 0. The minimum Gasteiger partial charge on any atom is -0.261 e. The maximum Gasteiger partial charge on any atom is 0.0461 e. The average molecular weight is 1610 g/mol. The van der Waals surface area contributed by atoms with Crippen LogP contribution < -0.4 is 0 Å². The SMILES string of the molecule is C.C.C.CC(C)c1ccccn1.Cc1cc(C)nc(C(C)C)c1.Cc1ccc(C(C)C)nc1.Cc1ccc(C(C)C)nc1C.Cc1ccc(C)c(C(C)C)n1.Cc1cccc(C(C)C)n1.Cc1cccnc1C(C)C.Cc1ccnc(C(C)C)c1.Cc1ccnc(C(C)C)c1C.Cc1cnc(C(C)C)c(C)c1.Cc1cnc(C(C)C)cc1C. The van der Waals surface area contributed by atoms with Gasteiger partial charge in [0.25, 0.3) is 0 Å². The summed E-state index contributed by atoms with van der Waals surface area (Å²) < 4.78 is 0. The first kappa shape index (κ1) is 113. The molecule has 0 aromatic carbocycles. The van der Waals surface area contributed by atoms with Gasteiger partial charge in [-0.1, -0.05) is 217 Å². The number of hydrogen-bond donors (Lipinski definition) is 0. The van der Waals surface area contributed by atoms with Gasteiger partial charge in [-0.2, -0.15) is 0 Å². The molecule has 0 aliphatic rings. The quantitative estimate of drug-likeness (QED) is 0.122. The summed E-state index contributed by atoms with van der Waals surface area (Å²) in [4.78, 5) is 47.8. The monoisotopic (exact) mass is 1600 g/mol. The van der Waals surface area contributed by atoms with Crippen molar-refractivity contribution >= 4 is 0 Å². The third-order valence-corrected chi connectivity index (χ3v) is 18.8. The van der Waals surface area contributed by atoms with Crippen molar-refractivity contribution in [3.63, 3.8) is 0 Å². The smallest absolute Gasteiger partial charge is 0.0461 e. The minimum atomic E-state index is 0. The van der Waals surface area contributed by atoms with Crippen molar-refractivity contribution in [3.05, 3.63) is 323 Å². The second-order valence-corrected chi connectivity index (χ2v) is 33.9. The molecule has 118 heavy (non-hydrogen) atoms. The second kappa shape index (κ2) is 59.3. The van der Waals surface area contributed by atoms with E-state index in [2.05, 4.69) is 388 Å².